The fourth-order valence-electron chi connectivity index (χ4n) is 2.74. The Balaban J connectivity index is 1.74. The van der Waals surface area contributed by atoms with E-state index < -0.39 is 0 Å². The summed E-state index contributed by atoms with van der Waals surface area (Å²) in [5.41, 5.74) is 1.02. The van der Waals surface area contributed by atoms with Crippen LogP contribution in [-0.2, 0) is 16.1 Å². The molecule has 6 heteroatoms. The van der Waals surface area contributed by atoms with Crippen LogP contribution in [0.2, 0.25) is 0 Å². The average molecular weight is 334 g/mol. The van der Waals surface area contributed by atoms with Crippen LogP contribution in [0.4, 0.5) is 4.79 Å². The Kier molecular flexibility index (Phi) is 6.90. The van der Waals surface area contributed by atoms with Crippen molar-refractivity contribution >= 4 is 12.0 Å². The molecule has 6 nitrogen and oxygen atoms in total. The molecule has 0 atom stereocenters. The highest BCUT2D eigenvalue weighted by molar-refractivity contribution is 5.76. The molecular formula is C18H26N2O4. The van der Waals surface area contributed by atoms with Crippen molar-refractivity contribution in [3.05, 3.63) is 29.8 Å². The molecule has 24 heavy (non-hydrogen) atoms. The summed E-state index contributed by atoms with van der Waals surface area (Å²) in [6.07, 6.45) is 1.32. The summed E-state index contributed by atoms with van der Waals surface area (Å²) < 4.78 is 10.4. The van der Waals surface area contributed by atoms with Crippen LogP contribution in [-0.4, -0.2) is 43.2 Å². The maximum Gasteiger partial charge on any atom is 0.317 e. The summed E-state index contributed by atoms with van der Waals surface area (Å²) in [6, 6.07) is 7.59. The van der Waals surface area contributed by atoms with Gasteiger partial charge in [-0.3, -0.25) is 4.79 Å². The lowest BCUT2D eigenvalue weighted by atomic mass is 9.97. The summed E-state index contributed by atoms with van der Waals surface area (Å²) in [5.74, 6) is 0.598. The number of likely N-dealkylation sites (tertiary alicyclic amines) is 1. The van der Waals surface area contributed by atoms with Crippen LogP contribution >= 0.6 is 0 Å². The van der Waals surface area contributed by atoms with Gasteiger partial charge < -0.3 is 19.7 Å². The number of amides is 2. The second-order valence-corrected chi connectivity index (χ2v) is 5.75. The molecule has 1 heterocycles. The van der Waals surface area contributed by atoms with E-state index in [1.165, 1.54) is 0 Å². The predicted octanol–water partition coefficient (Wildman–Crippen LogP) is 2.57. The van der Waals surface area contributed by atoms with E-state index in [0.717, 1.165) is 11.3 Å². The molecule has 1 aliphatic heterocycles. The number of carbonyl (C=O) groups excluding carboxylic acids is 2. The molecule has 0 spiro atoms. The number of piperidine rings is 1. The quantitative estimate of drug-likeness (QED) is 0.812. The molecule has 0 aromatic heterocycles. The van der Waals surface area contributed by atoms with Crippen molar-refractivity contribution in [3.63, 3.8) is 0 Å². The number of nitrogens with zero attached hydrogens (tertiary/aromatic N) is 1. The van der Waals surface area contributed by atoms with Crippen molar-refractivity contribution in [2.75, 3.05) is 26.3 Å². The molecule has 0 bridgehead atoms. The molecule has 1 aromatic rings. The van der Waals surface area contributed by atoms with Gasteiger partial charge in [-0.1, -0.05) is 12.1 Å². The first-order chi connectivity index (χ1) is 11.6. The Morgan fingerprint density at radius 2 is 1.79 bits per heavy atom. The highest BCUT2D eigenvalue weighted by atomic mass is 16.5. The van der Waals surface area contributed by atoms with Crippen molar-refractivity contribution in [2.45, 2.75) is 33.2 Å². The highest BCUT2D eigenvalue weighted by Gasteiger charge is 2.27. The van der Waals surface area contributed by atoms with Gasteiger partial charge in [0.25, 0.3) is 0 Å². The summed E-state index contributed by atoms with van der Waals surface area (Å²) in [7, 11) is 0. The van der Waals surface area contributed by atoms with Crippen LogP contribution in [0.15, 0.2) is 24.3 Å². The number of urea groups is 1. The zero-order valence-corrected chi connectivity index (χ0v) is 14.4. The summed E-state index contributed by atoms with van der Waals surface area (Å²) in [6.45, 7) is 6.43. The first kappa shape index (κ1) is 18.1. The van der Waals surface area contributed by atoms with E-state index in [1.54, 1.807) is 11.8 Å². The number of rotatable bonds is 6. The fourth-order valence-corrected chi connectivity index (χ4v) is 2.74. The molecular weight excluding hydrogens is 308 g/mol. The molecule has 1 saturated heterocycles. The minimum atomic E-state index is -0.146. The number of benzene rings is 1. The number of esters is 1. The molecule has 1 fully saturated rings. The van der Waals surface area contributed by atoms with Crippen LogP contribution in [0.5, 0.6) is 5.75 Å². The minimum absolute atomic E-state index is 0.0832. The smallest absolute Gasteiger partial charge is 0.317 e. The van der Waals surface area contributed by atoms with E-state index in [-0.39, 0.29) is 17.9 Å². The van der Waals surface area contributed by atoms with Crippen LogP contribution in [0, 0.1) is 5.92 Å². The van der Waals surface area contributed by atoms with E-state index >= 15 is 0 Å². The lowest BCUT2D eigenvalue weighted by Gasteiger charge is -2.30. The number of hydrogen-bond acceptors (Lipinski definition) is 4. The van der Waals surface area contributed by atoms with E-state index in [2.05, 4.69) is 5.32 Å². The summed E-state index contributed by atoms with van der Waals surface area (Å²) in [5, 5.41) is 2.92. The lowest BCUT2D eigenvalue weighted by molar-refractivity contribution is -0.149. The van der Waals surface area contributed by atoms with Gasteiger partial charge in [-0.05, 0) is 44.4 Å². The van der Waals surface area contributed by atoms with Crippen molar-refractivity contribution < 1.29 is 19.1 Å². The van der Waals surface area contributed by atoms with E-state index in [1.807, 2.05) is 31.2 Å². The monoisotopic (exact) mass is 334 g/mol. The van der Waals surface area contributed by atoms with Gasteiger partial charge in [-0.25, -0.2) is 4.79 Å². The molecule has 1 aliphatic rings. The predicted molar refractivity (Wildman–Crippen MR) is 90.8 cm³/mol. The Bertz CT molecular complexity index is 536. The van der Waals surface area contributed by atoms with Gasteiger partial charge in [0.15, 0.2) is 0 Å². The largest absolute Gasteiger partial charge is 0.494 e. The number of hydrogen-bond donors (Lipinski definition) is 1. The lowest BCUT2D eigenvalue weighted by Crippen LogP contribution is -2.45. The topological polar surface area (TPSA) is 67.9 Å². The van der Waals surface area contributed by atoms with Gasteiger partial charge in [0, 0.05) is 19.6 Å². The van der Waals surface area contributed by atoms with E-state index in [0.29, 0.717) is 45.7 Å². The molecule has 2 amide bonds. The van der Waals surface area contributed by atoms with Crippen LogP contribution in [0.3, 0.4) is 0 Å². The molecule has 0 radical (unpaired) electrons. The van der Waals surface area contributed by atoms with E-state index in [4.69, 9.17) is 9.47 Å². The number of ether oxygens (including phenoxy) is 2. The van der Waals surface area contributed by atoms with Crippen molar-refractivity contribution in [1.29, 1.82) is 0 Å². The second kappa shape index (κ2) is 9.15. The van der Waals surface area contributed by atoms with Gasteiger partial charge in [0.2, 0.25) is 0 Å². The molecule has 2 rings (SSSR count). The van der Waals surface area contributed by atoms with Gasteiger partial charge >= 0.3 is 12.0 Å². The second-order valence-electron chi connectivity index (χ2n) is 5.75. The Labute approximate surface area is 143 Å². The molecule has 0 saturated carbocycles. The summed E-state index contributed by atoms with van der Waals surface area (Å²) in [4.78, 5) is 25.7. The number of nitrogens with one attached hydrogen (secondary N) is 1. The average Bonchev–Trinajstić information content (AvgIpc) is 2.61. The Hall–Kier alpha value is -2.24. The standard InChI is InChI=1S/C18H26N2O4/c1-3-23-16-7-5-14(6-8-16)13-19-18(22)20-11-9-15(10-12-20)17(21)24-4-2/h5-8,15H,3-4,9-13H2,1-2H3,(H,19,22). The van der Waals surface area contributed by atoms with E-state index in [9.17, 15) is 9.59 Å². The van der Waals surface area contributed by atoms with Crippen LogP contribution < -0.4 is 10.1 Å². The van der Waals surface area contributed by atoms with Crippen molar-refractivity contribution in [1.82, 2.24) is 10.2 Å². The maximum atomic E-state index is 12.2. The minimum Gasteiger partial charge on any atom is -0.494 e. The number of carbonyl (C=O) groups is 2. The maximum absolute atomic E-state index is 12.2. The molecule has 0 unspecified atom stereocenters. The molecule has 132 valence electrons. The molecule has 1 aromatic carbocycles. The van der Waals surface area contributed by atoms with Crippen molar-refractivity contribution in [2.24, 2.45) is 5.92 Å². The first-order valence-corrected chi connectivity index (χ1v) is 8.55. The highest BCUT2D eigenvalue weighted by Crippen LogP contribution is 2.19. The summed E-state index contributed by atoms with van der Waals surface area (Å²) >= 11 is 0. The van der Waals surface area contributed by atoms with Gasteiger partial charge in [-0.15, -0.1) is 0 Å². The van der Waals surface area contributed by atoms with Crippen LogP contribution in [0.1, 0.15) is 32.3 Å². The third-order valence-electron chi connectivity index (χ3n) is 4.08. The molecule has 0 aliphatic carbocycles. The van der Waals surface area contributed by atoms with Gasteiger partial charge in [-0.2, -0.15) is 0 Å². The zero-order chi connectivity index (χ0) is 17.4. The normalized spacial score (nSPS) is 15.0. The molecule has 1 N–H and O–H groups in total. The van der Waals surface area contributed by atoms with Crippen molar-refractivity contribution in [3.8, 4) is 5.75 Å². The SMILES string of the molecule is CCOC(=O)C1CCN(C(=O)NCc2ccc(OCC)cc2)CC1. The third kappa shape index (κ3) is 5.15. The van der Waals surface area contributed by atoms with Gasteiger partial charge in [0.05, 0.1) is 19.1 Å². The Morgan fingerprint density at radius 3 is 2.38 bits per heavy atom. The van der Waals surface area contributed by atoms with Gasteiger partial charge in [0.1, 0.15) is 5.75 Å². The zero-order valence-electron chi connectivity index (χ0n) is 14.4. The van der Waals surface area contributed by atoms with Crippen LogP contribution in [0.25, 0.3) is 0 Å². The third-order valence-corrected chi connectivity index (χ3v) is 4.08. The fraction of sp³-hybridized carbons (Fsp3) is 0.556. The Morgan fingerprint density at radius 1 is 1.12 bits per heavy atom. The first-order valence-electron chi connectivity index (χ1n) is 8.55.